The molecule has 3 rings (SSSR count). The standard InChI is InChI=1S/C18H23N3O4/c1-19-15-7-6-13(10-16(15)21(23)24)12-20-8-2-4-14(20)11-17(22)18-5-3-9-25-18/h3,5-7,9-10,14,17,19,22H,2,4,8,11-12H2,1H3. The van der Waals surface area contributed by atoms with Crippen LogP contribution in [0.3, 0.4) is 0 Å². The first-order chi connectivity index (χ1) is 12.1. The zero-order valence-electron chi connectivity index (χ0n) is 14.2. The molecule has 2 aromatic rings. The number of likely N-dealkylation sites (tertiary alicyclic amines) is 1. The van der Waals surface area contributed by atoms with Gasteiger partial charge in [-0.25, -0.2) is 0 Å². The first-order valence-corrected chi connectivity index (χ1v) is 8.49. The van der Waals surface area contributed by atoms with E-state index >= 15 is 0 Å². The lowest BCUT2D eigenvalue weighted by Crippen LogP contribution is -2.30. The zero-order valence-corrected chi connectivity index (χ0v) is 14.2. The van der Waals surface area contributed by atoms with Gasteiger partial charge in [0.1, 0.15) is 17.6 Å². The van der Waals surface area contributed by atoms with E-state index in [0.717, 1.165) is 24.9 Å². The highest BCUT2D eigenvalue weighted by atomic mass is 16.6. The van der Waals surface area contributed by atoms with Crippen LogP contribution in [0, 0.1) is 10.1 Å². The molecule has 134 valence electrons. The molecule has 1 aliphatic rings. The number of benzene rings is 1. The maximum Gasteiger partial charge on any atom is 0.292 e. The van der Waals surface area contributed by atoms with E-state index in [0.29, 0.717) is 24.4 Å². The number of nitrogens with zero attached hydrogens (tertiary/aromatic N) is 2. The van der Waals surface area contributed by atoms with E-state index in [4.69, 9.17) is 4.42 Å². The quantitative estimate of drug-likeness (QED) is 0.591. The minimum Gasteiger partial charge on any atom is -0.467 e. The molecule has 1 saturated heterocycles. The van der Waals surface area contributed by atoms with Gasteiger partial charge in [-0.1, -0.05) is 6.07 Å². The van der Waals surface area contributed by atoms with Gasteiger partial charge in [0, 0.05) is 25.7 Å². The van der Waals surface area contributed by atoms with Crippen LogP contribution >= 0.6 is 0 Å². The number of aliphatic hydroxyl groups is 1. The molecule has 7 nitrogen and oxygen atoms in total. The first-order valence-electron chi connectivity index (χ1n) is 8.49. The molecular formula is C18H23N3O4. The second-order valence-corrected chi connectivity index (χ2v) is 6.39. The third-order valence-electron chi connectivity index (χ3n) is 4.78. The SMILES string of the molecule is CNc1ccc(CN2CCCC2CC(O)c2ccco2)cc1[N+](=O)[O-]. The van der Waals surface area contributed by atoms with Gasteiger partial charge in [0.15, 0.2) is 0 Å². The van der Waals surface area contributed by atoms with Gasteiger partial charge in [0.25, 0.3) is 5.69 Å². The van der Waals surface area contributed by atoms with Crippen molar-refractivity contribution in [1.82, 2.24) is 4.90 Å². The Bertz CT molecular complexity index is 717. The summed E-state index contributed by atoms with van der Waals surface area (Å²) in [7, 11) is 1.68. The molecule has 2 N–H and O–H groups in total. The molecular weight excluding hydrogens is 322 g/mol. The monoisotopic (exact) mass is 345 g/mol. The topological polar surface area (TPSA) is 91.8 Å². The van der Waals surface area contributed by atoms with Crippen LogP contribution in [0.4, 0.5) is 11.4 Å². The van der Waals surface area contributed by atoms with Crippen molar-refractivity contribution >= 4 is 11.4 Å². The summed E-state index contributed by atoms with van der Waals surface area (Å²) in [6.45, 7) is 1.57. The number of hydrogen-bond donors (Lipinski definition) is 2. The van der Waals surface area contributed by atoms with Gasteiger partial charge in [0.2, 0.25) is 0 Å². The predicted molar refractivity (Wildman–Crippen MR) is 94.4 cm³/mol. The van der Waals surface area contributed by atoms with Crippen molar-refractivity contribution in [3.63, 3.8) is 0 Å². The van der Waals surface area contributed by atoms with Crippen LogP contribution in [0.15, 0.2) is 41.0 Å². The Labute approximate surface area is 146 Å². The maximum atomic E-state index is 11.2. The largest absolute Gasteiger partial charge is 0.467 e. The molecule has 0 aliphatic carbocycles. The van der Waals surface area contributed by atoms with Crippen molar-refractivity contribution in [2.75, 3.05) is 18.9 Å². The molecule has 0 spiro atoms. The number of nitro benzene ring substituents is 1. The Morgan fingerprint density at radius 2 is 2.32 bits per heavy atom. The predicted octanol–water partition coefficient (Wildman–Crippen LogP) is 3.32. The molecule has 0 saturated carbocycles. The Morgan fingerprint density at radius 3 is 3.00 bits per heavy atom. The minimum absolute atomic E-state index is 0.0892. The average Bonchev–Trinajstić information content (AvgIpc) is 3.27. The maximum absolute atomic E-state index is 11.2. The van der Waals surface area contributed by atoms with Crippen LogP contribution in [0.1, 0.15) is 36.7 Å². The molecule has 25 heavy (non-hydrogen) atoms. The Balaban J connectivity index is 1.69. The Hall–Kier alpha value is -2.38. The molecule has 1 fully saturated rings. The van der Waals surface area contributed by atoms with E-state index in [2.05, 4.69) is 10.2 Å². The van der Waals surface area contributed by atoms with Gasteiger partial charge >= 0.3 is 0 Å². The van der Waals surface area contributed by atoms with E-state index in [1.807, 2.05) is 6.07 Å². The first kappa shape index (κ1) is 17.4. The lowest BCUT2D eigenvalue weighted by molar-refractivity contribution is -0.384. The van der Waals surface area contributed by atoms with E-state index in [1.54, 1.807) is 37.6 Å². The van der Waals surface area contributed by atoms with Crippen molar-refractivity contribution in [2.45, 2.75) is 38.0 Å². The molecule has 0 bridgehead atoms. The van der Waals surface area contributed by atoms with Crippen LogP contribution in [0.2, 0.25) is 0 Å². The van der Waals surface area contributed by atoms with E-state index in [-0.39, 0.29) is 16.7 Å². The number of rotatable bonds is 7. The molecule has 2 atom stereocenters. The third-order valence-corrected chi connectivity index (χ3v) is 4.78. The normalized spacial score (nSPS) is 19.0. The highest BCUT2D eigenvalue weighted by molar-refractivity contribution is 5.62. The highest BCUT2D eigenvalue weighted by Crippen LogP contribution is 2.30. The van der Waals surface area contributed by atoms with Gasteiger partial charge < -0.3 is 14.8 Å². The summed E-state index contributed by atoms with van der Waals surface area (Å²) in [6, 6.07) is 9.08. The molecule has 7 heteroatoms. The highest BCUT2D eigenvalue weighted by Gasteiger charge is 2.28. The second kappa shape index (κ2) is 7.67. The fraction of sp³-hybridized carbons (Fsp3) is 0.444. The third kappa shape index (κ3) is 4.00. The lowest BCUT2D eigenvalue weighted by Gasteiger charge is -2.26. The number of nitro groups is 1. The van der Waals surface area contributed by atoms with Gasteiger partial charge in [-0.2, -0.15) is 0 Å². The fourth-order valence-corrected chi connectivity index (χ4v) is 3.50. The summed E-state index contributed by atoms with van der Waals surface area (Å²) in [5, 5.41) is 24.4. The van der Waals surface area contributed by atoms with Gasteiger partial charge in [-0.15, -0.1) is 0 Å². The van der Waals surface area contributed by atoms with Crippen LogP contribution in [-0.2, 0) is 6.54 Å². The number of anilines is 1. The molecule has 2 unspecified atom stereocenters. The zero-order chi connectivity index (χ0) is 17.8. The van der Waals surface area contributed by atoms with E-state index < -0.39 is 6.10 Å². The van der Waals surface area contributed by atoms with Crippen LogP contribution < -0.4 is 5.32 Å². The molecule has 1 aliphatic heterocycles. The van der Waals surface area contributed by atoms with Crippen molar-refractivity contribution < 1.29 is 14.4 Å². The molecule has 2 heterocycles. The minimum atomic E-state index is -0.624. The summed E-state index contributed by atoms with van der Waals surface area (Å²) >= 11 is 0. The summed E-state index contributed by atoms with van der Waals surface area (Å²) in [6.07, 6.45) is 3.61. The van der Waals surface area contributed by atoms with Crippen molar-refractivity contribution in [1.29, 1.82) is 0 Å². The second-order valence-electron chi connectivity index (χ2n) is 6.39. The van der Waals surface area contributed by atoms with Crippen molar-refractivity contribution in [3.05, 3.63) is 58.0 Å². The molecule has 0 amide bonds. The van der Waals surface area contributed by atoms with Gasteiger partial charge in [-0.3, -0.25) is 15.0 Å². The van der Waals surface area contributed by atoms with Crippen molar-refractivity contribution in [2.24, 2.45) is 0 Å². The number of hydrogen-bond acceptors (Lipinski definition) is 6. The van der Waals surface area contributed by atoms with E-state index in [9.17, 15) is 15.2 Å². The van der Waals surface area contributed by atoms with Crippen LogP contribution in [0.25, 0.3) is 0 Å². The summed E-state index contributed by atoms with van der Waals surface area (Å²) in [4.78, 5) is 13.1. The Kier molecular flexibility index (Phi) is 5.35. The van der Waals surface area contributed by atoms with Gasteiger partial charge in [0.05, 0.1) is 11.2 Å². The fourth-order valence-electron chi connectivity index (χ4n) is 3.50. The Morgan fingerprint density at radius 1 is 1.48 bits per heavy atom. The summed E-state index contributed by atoms with van der Waals surface area (Å²) in [5.74, 6) is 0.584. The number of aliphatic hydroxyl groups excluding tert-OH is 1. The van der Waals surface area contributed by atoms with Crippen LogP contribution in [0.5, 0.6) is 0 Å². The van der Waals surface area contributed by atoms with Gasteiger partial charge in [-0.05, 0) is 49.6 Å². The summed E-state index contributed by atoms with van der Waals surface area (Å²) in [5.41, 5.74) is 1.51. The molecule has 1 aromatic carbocycles. The number of nitrogens with one attached hydrogen (secondary N) is 1. The molecule has 1 aromatic heterocycles. The smallest absolute Gasteiger partial charge is 0.292 e. The van der Waals surface area contributed by atoms with E-state index in [1.165, 1.54) is 0 Å². The summed E-state index contributed by atoms with van der Waals surface area (Å²) < 4.78 is 5.28. The van der Waals surface area contributed by atoms with Crippen LogP contribution in [-0.4, -0.2) is 34.6 Å². The molecule has 0 radical (unpaired) electrons. The number of furan rings is 1. The average molecular weight is 345 g/mol. The lowest BCUT2D eigenvalue weighted by atomic mass is 10.0. The van der Waals surface area contributed by atoms with Crippen molar-refractivity contribution in [3.8, 4) is 0 Å².